The summed E-state index contributed by atoms with van der Waals surface area (Å²) in [6.45, 7) is 0.227. The van der Waals surface area contributed by atoms with Crippen LogP contribution in [0.25, 0.3) is 11.1 Å². The Morgan fingerprint density at radius 1 is 0.739 bits per heavy atom. The molecule has 0 saturated carbocycles. The summed E-state index contributed by atoms with van der Waals surface area (Å²) in [5, 5.41) is 11.7. The maximum atomic E-state index is 11.7. The van der Waals surface area contributed by atoms with Crippen LogP contribution in [0, 0.1) is 0 Å². The van der Waals surface area contributed by atoms with Gasteiger partial charge in [-0.25, -0.2) is 0 Å². The predicted molar refractivity (Wildman–Crippen MR) is 86.5 cm³/mol. The van der Waals surface area contributed by atoms with Crippen LogP contribution in [-0.4, -0.2) is 11.9 Å². The molecule has 0 radical (unpaired) electrons. The zero-order valence-corrected chi connectivity index (χ0v) is 12.3. The molecular formula is C20H14O3. The number of ether oxygens (including phenoxy) is 2. The number of hydrogen-bond donors (Lipinski definition) is 1. The number of aliphatic hydroxyl groups is 1. The van der Waals surface area contributed by atoms with Crippen LogP contribution in [0.5, 0.6) is 11.5 Å². The maximum Gasteiger partial charge on any atom is 0.231 e. The highest BCUT2D eigenvalue weighted by atomic mass is 16.7. The van der Waals surface area contributed by atoms with Crippen LogP contribution in [-0.2, 0) is 5.60 Å². The van der Waals surface area contributed by atoms with Gasteiger partial charge in [0.2, 0.25) is 6.79 Å². The summed E-state index contributed by atoms with van der Waals surface area (Å²) in [5.41, 5.74) is 3.57. The van der Waals surface area contributed by atoms with Gasteiger partial charge in [0.15, 0.2) is 11.5 Å². The van der Waals surface area contributed by atoms with Gasteiger partial charge in [-0.1, -0.05) is 54.6 Å². The molecule has 3 nitrogen and oxygen atoms in total. The lowest BCUT2D eigenvalue weighted by molar-refractivity contribution is 0.130. The summed E-state index contributed by atoms with van der Waals surface area (Å²) >= 11 is 0. The van der Waals surface area contributed by atoms with Crippen molar-refractivity contribution in [1.29, 1.82) is 0 Å². The average molecular weight is 302 g/mol. The Hall–Kier alpha value is -2.78. The van der Waals surface area contributed by atoms with Gasteiger partial charge in [0.1, 0.15) is 5.60 Å². The minimum absolute atomic E-state index is 0.227. The Bertz CT molecular complexity index is 884. The third kappa shape index (κ3) is 1.57. The van der Waals surface area contributed by atoms with E-state index in [-0.39, 0.29) is 6.79 Å². The van der Waals surface area contributed by atoms with E-state index in [4.69, 9.17) is 9.47 Å². The van der Waals surface area contributed by atoms with E-state index in [2.05, 4.69) is 12.1 Å². The van der Waals surface area contributed by atoms with Crippen LogP contribution in [0.2, 0.25) is 0 Å². The van der Waals surface area contributed by atoms with Gasteiger partial charge in [0.25, 0.3) is 0 Å². The Balaban J connectivity index is 1.81. The zero-order chi connectivity index (χ0) is 15.4. The molecule has 23 heavy (non-hydrogen) atoms. The van der Waals surface area contributed by atoms with Crippen LogP contribution in [0.4, 0.5) is 0 Å². The fourth-order valence-electron chi connectivity index (χ4n) is 3.64. The Kier molecular flexibility index (Phi) is 2.42. The summed E-state index contributed by atoms with van der Waals surface area (Å²) in [7, 11) is 0. The molecule has 0 atom stereocenters. The SMILES string of the molecule is OC1(c2ccc3c(c2)OCO3)c2ccccc2-c2ccccc21. The monoisotopic (exact) mass is 302 g/mol. The van der Waals surface area contributed by atoms with E-state index in [0.29, 0.717) is 5.75 Å². The molecule has 1 aliphatic carbocycles. The first-order valence-electron chi connectivity index (χ1n) is 7.60. The molecule has 1 aliphatic heterocycles. The van der Waals surface area contributed by atoms with E-state index in [1.807, 2.05) is 54.6 Å². The van der Waals surface area contributed by atoms with Crippen molar-refractivity contribution in [2.75, 3.05) is 6.79 Å². The van der Waals surface area contributed by atoms with Crippen molar-refractivity contribution in [2.45, 2.75) is 5.60 Å². The first kappa shape index (κ1) is 12.7. The second kappa shape index (κ2) is 4.37. The van der Waals surface area contributed by atoms with Crippen molar-refractivity contribution >= 4 is 0 Å². The smallest absolute Gasteiger partial charge is 0.231 e. The molecule has 1 heterocycles. The highest BCUT2D eigenvalue weighted by Crippen LogP contribution is 2.51. The second-order valence-corrected chi connectivity index (χ2v) is 5.87. The molecule has 0 spiro atoms. The quantitative estimate of drug-likeness (QED) is 0.745. The fraction of sp³-hybridized carbons (Fsp3) is 0.100. The molecular weight excluding hydrogens is 288 g/mol. The van der Waals surface area contributed by atoms with E-state index in [1.54, 1.807) is 0 Å². The molecule has 0 saturated heterocycles. The summed E-state index contributed by atoms with van der Waals surface area (Å²) in [4.78, 5) is 0. The molecule has 0 unspecified atom stereocenters. The molecule has 0 aromatic heterocycles. The average Bonchev–Trinajstić information content (AvgIpc) is 3.17. The number of hydrogen-bond acceptors (Lipinski definition) is 3. The number of fused-ring (bicyclic) bond motifs is 4. The number of rotatable bonds is 1. The molecule has 3 aromatic rings. The lowest BCUT2D eigenvalue weighted by Crippen LogP contribution is -2.26. The molecule has 0 fully saturated rings. The largest absolute Gasteiger partial charge is 0.454 e. The first-order valence-corrected chi connectivity index (χ1v) is 7.60. The molecule has 112 valence electrons. The predicted octanol–water partition coefficient (Wildman–Crippen LogP) is 3.68. The molecule has 3 aromatic carbocycles. The molecule has 2 aliphatic rings. The Morgan fingerprint density at radius 2 is 1.35 bits per heavy atom. The highest BCUT2D eigenvalue weighted by molar-refractivity contribution is 5.82. The lowest BCUT2D eigenvalue weighted by atomic mass is 9.84. The van der Waals surface area contributed by atoms with Crippen molar-refractivity contribution in [3.05, 3.63) is 83.4 Å². The summed E-state index contributed by atoms with van der Waals surface area (Å²) in [6.07, 6.45) is 0. The van der Waals surface area contributed by atoms with Crippen LogP contribution in [0.3, 0.4) is 0 Å². The van der Waals surface area contributed by atoms with E-state index in [0.717, 1.165) is 33.6 Å². The normalized spacial score (nSPS) is 16.0. The van der Waals surface area contributed by atoms with Gasteiger partial charge >= 0.3 is 0 Å². The van der Waals surface area contributed by atoms with Crippen molar-refractivity contribution in [1.82, 2.24) is 0 Å². The molecule has 1 N–H and O–H groups in total. The number of benzene rings is 3. The van der Waals surface area contributed by atoms with Gasteiger partial charge in [-0.05, 0) is 28.8 Å². The molecule has 0 bridgehead atoms. The summed E-state index contributed by atoms with van der Waals surface area (Å²) in [6, 6.07) is 21.7. The Labute approximate surface area is 133 Å². The topological polar surface area (TPSA) is 38.7 Å². The summed E-state index contributed by atoms with van der Waals surface area (Å²) in [5.74, 6) is 1.40. The van der Waals surface area contributed by atoms with Crippen LogP contribution < -0.4 is 9.47 Å². The van der Waals surface area contributed by atoms with Crippen molar-refractivity contribution in [2.24, 2.45) is 0 Å². The first-order chi connectivity index (χ1) is 11.3. The van der Waals surface area contributed by atoms with E-state index >= 15 is 0 Å². The minimum Gasteiger partial charge on any atom is -0.454 e. The molecule has 5 rings (SSSR count). The third-order valence-corrected chi connectivity index (χ3v) is 4.71. The Morgan fingerprint density at radius 3 is 2.04 bits per heavy atom. The van der Waals surface area contributed by atoms with Crippen molar-refractivity contribution in [3.8, 4) is 22.6 Å². The van der Waals surface area contributed by atoms with Crippen molar-refractivity contribution < 1.29 is 14.6 Å². The van der Waals surface area contributed by atoms with Crippen LogP contribution in [0.1, 0.15) is 16.7 Å². The second-order valence-electron chi connectivity index (χ2n) is 5.87. The van der Waals surface area contributed by atoms with Gasteiger partial charge in [-0.3, -0.25) is 0 Å². The van der Waals surface area contributed by atoms with E-state index in [9.17, 15) is 5.11 Å². The van der Waals surface area contributed by atoms with Gasteiger partial charge in [-0.15, -0.1) is 0 Å². The van der Waals surface area contributed by atoms with Gasteiger partial charge in [0, 0.05) is 11.1 Å². The minimum atomic E-state index is -1.17. The lowest BCUT2D eigenvalue weighted by Gasteiger charge is -2.26. The van der Waals surface area contributed by atoms with Gasteiger partial charge < -0.3 is 14.6 Å². The molecule has 3 heteroatoms. The van der Waals surface area contributed by atoms with Crippen LogP contribution in [0.15, 0.2) is 66.7 Å². The van der Waals surface area contributed by atoms with Crippen LogP contribution >= 0.6 is 0 Å². The standard InChI is InChI=1S/C20H14O3/c21-20(13-9-10-18-19(11-13)23-12-22-18)16-7-3-1-5-14(16)15-6-2-4-8-17(15)20/h1-11,21H,12H2. The third-order valence-electron chi connectivity index (χ3n) is 4.71. The van der Waals surface area contributed by atoms with E-state index < -0.39 is 5.60 Å². The summed E-state index contributed by atoms with van der Waals surface area (Å²) < 4.78 is 10.9. The fourth-order valence-corrected chi connectivity index (χ4v) is 3.64. The van der Waals surface area contributed by atoms with Crippen molar-refractivity contribution in [3.63, 3.8) is 0 Å². The van der Waals surface area contributed by atoms with E-state index in [1.165, 1.54) is 0 Å². The molecule has 0 amide bonds. The van der Waals surface area contributed by atoms with Gasteiger partial charge in [0.05, 0.1) is 0 Å². The highest BCUT2D eigenvalue weighted by Gasteiger charge is 2.43. The zero-order valence-electron chi connectivity index (χ0n) is 12.3. The van der Waals surface area contributed by atoms with Gasteiger partial charge in [-0.2, -0.15) is 0 Å². The maximum absolute atomic E-state index is 11.7.